The van der Waals surface area contributed by atoms with Crippen LogP contribution in [0.15, 0.2) is 16.7 Å². The van der Waals surface area contributed by atoms with E-state index in [0.717, 1.165) is 0 Å². The van der Waals surface area contributed by atoms with Gasteiger partial charge in [0.15, 0.2) is 0 Å². The molecule has 3 N–H and O–H groups in total. The Morgan fingerprint density at radius 3 is 2.91 bits per heavy atom. The molecule has 11 heavy (non-hydrogen) atoms. The van der Waals surface area contributed by atoms with Gasteiger partial charge in [-0.15, -0.1) is 0 Å². The van der Waals surface area contributed by atoms with Gasteiger partial charge < -0.3 is 15.3 Å². The first kappa shape index (κ1) is 7.65. The van der Waals surface area contributed by atoms with E-state index in [0.29, 0.717) is 17.9 Å². The maximum absolute atomic E-state index is 10.1. The van der Waals surface area contributed by atoms with E-state index in [1.165, 1.54) is 6.26 Å². The molecule has 0 saturated carbocycles. The van der Waals surface area contributed by atoms with Crippen molar-refractivity contribution in [3.63, 3.8) is 0 Å². The number of carboxylic acids is 1. The average Bonchev–Trinajstić information content (AvgIpc) is 2.31. The highest BCUT2D eigenvalue weighted by molar-refractivity contribution is 5.67. The fourth-order valence-electron chi connectivity index (χ4n) is 0.759. The van der Waals surface area contributed by atoms with Crippen molar-refractivity contribution in [2.75, 3.05) is 5.73 Å². The molecule has 4 nitrogen and oxygen atoms in total. The van der Waals surface area contributed by atoms with Crippen molar-refractivity contribution in [1.29, 1.82) is 0 Å². The summed E-state index contributed by atoms with van der Waals surface area (Å²) in [4.78, 5) is 10.1. The molecular formula is C7H9NO3. The number of anilines is 1. The van der Waals surface area contributed by atoms with Gasteiger partial charge >= 0.3 is 5.97 Å². The van der Waals surface area contributed by atoms with Crippen LogP contribution >= 0.6 is 0 Å². The van der Waals surface area contributed by atoms with Crippen molar-refractivity contribution < 1.29 is 14.3 Å². The first-order chi connectivity index (χ1) is 5.18. The molecule has 1 heterocycles. The molecule has 0 atom stereocenters. The van der Waals surface area contributed by atoms with Crippen LogP contribution in [-0.2, 0) is 11.2 Å². The van der Waals surface area contributed by atoms with Gasteiger partial charge in [0.2, 0.25) is 0 Å². The van der Waals surface area contributed by atoms with Gasteiger partial charge in [0, 0.05) is 12.5 Å². The fourth-order valence-corrected chi connectivity index (χ4v) is 0.759. The molecular weight excluding hydrogens is 146 g/mol. The van der Waals surface area contributed by atoms with Gasteiger partial charge in [0.1, 0.15) is 12.0 Å². The summed E-state index contributed by atoms with van der Waals surface area (Å²) < 4.78 is 4.93. The van der Waals surface area contributed by atoms with Crippen LogP contribution in [0.25, 0.3) is 0 Å². The molecule has 0 aliphatic rings. The molecule has 0 aromatic carbocycles. The lowest BCUT2D eigenvalue weighted by Crippen LogP contribution is -1.96. The standard InChI is InChI=1S/C7H9NO3/c8-5-3-6(11-4-5)1-2-7(9)10/h3-4H,1-2,8H2,(H,9,10). The molecule has 0 unspecified atom stereocenters. The van der Waals surface area contributed by atoms with Crippen molar-refractivity contribution in [1.82, 2.24) is 0 Å². The Morgan fingerprint density at radius 2 is 2.45 bits per heavy atom. The lowest BCUT2D eigenvalue weighted by Gasteiger charge is -1.89. The predicted molar refractivity (Wildman–Crippen MR) is 39.1 cm³/mol. The zero-order valence-electron chi connectivity index (χ0n) is 5.91. The molecule has 0 radical (unpaired) electrons. The topological polar surface area (TPSA) is 76.5 Å². The number of hydrogen-bond donors (Lipinski definition) is 2. The number of carbonyl (C=O) groups is 1. The molecule has 0 saturated heterocycles. The van der Waals surface area contributed by atoms with Crippen molar-refractivity contribution in [2.45, 2.75) is 12.8 Å². The summed E-state index contributed by atoms with van der Waals surface area (Å²) >= 11 is 0. The third-order valence-corrected chi connectivity index (χ3v) is 1.26. The highest BCUT2D eigenvalue weighted by atomic mass is 16.4. The molecule has 1 aromatic heterocycles. The second kappa shape index (κ2) is 3.09. The van der Waals surface area contributed by atoms with E-state index in [-0.39, 0.29) is 6.42 Å². The van der Waals surface area contributed by atoms with Crippen LogP contribution in [0.3, 0.4) is 0 Å². The Kier molecular flexibility index (Phi) is 2.15. The maximum atomic E-state index is 10.1. The van der Waals surface area contributed by atoms with Gasteiger partial charge in [0.25, 0.3) is 0 Å². The Hall–Kier alpha value is -1.45. The normalized spacial score (nSPS) is 9.82. The molecule has 0 fully saturated rings. The van der Waals surface area contributed by atoms with Gasteiger partial charge in [-0.2, -0.15) is 0 Å². The van der Waals surface area contributed by atoms with E-state index in [4.69, 9.17) is 15.3 Å². The summed E-state index contributed by atoms with van der Waals surface area (Å²) in [6, 6.07) is 1.63. The number of carboxylic acid groups (broad SMARTS) is 1. The quantitative estimate of drug-likeness (QED) is 0.679. The van der Waals surface area contributed by atoms with E-state index in [2.05, 4.69) is 0 Å². The van der Waals surface area contributed by atoms with Crippen molar-refractivity contribution in [3.8, 4) is 0 Å². The van der Waals surface area contributed by atoms with Crippen LogP contribution in [0.2, 0.25) is 0 Å². The number of nitrogen functional groups attached to an aromatic ring is 1. The predicted octanol–water partition coefficient (Wildman–Crippen LogP) is 0.879. The van der Waals surface area contributed by atoms with Crippen molar-refractivity contribution >= 4 is 11.7 Å². The van der Waals surface area contributed by atoms with Gasteiger partial charge in [0.05, 0.1) is 12.1 Å². The summed E-state index contributed by atoms with van der Waals surface area (Å²) in [6.45, 7) is 0. The molecule has 0 aliphatic carbocycles. The SMILES string of the molecule is Nc1coc(CCC(=O)O)c1. The molecule has 1 aromatic rings. The van der Waals surface area contributed by atoms with E-state index in [1.54, 1.807) is 6.07 Å². The summed E-state index contributed by atoms with van der Waals surface area (Å²) in [5.74, 6) is -0.218. The molecule has 1 rings (SSSR count). The number of aryl methyl sites for hydroxylation is 1. The van der Waals surface area contributed by atoms with Gasteiger partial charge in [-0.1, -0.05) is 0 Å². The molecule has 0 bridgehead atoms. The summed E-state index contributed by atoms with van der Waals surface area (Å²) in [5.41, 5.74) is 5.88. The first-order valence-electron chi connectivity index (χ1n) is 3.23. The Morgan fingerprint density at radius 1 is 1.73 bits per heavy atom. The highest BCUT2D eigenvalue weighted by Gasteiger charge is 2.01. The summed E-state index contributed by atoms with van der Waals surface area (Å²) in [6.07, 6.45) is 1.87. The highest BCUT2D eigenvalue weighted by Crippen LogP contribution is 2.10. The van der Waals surface area contributed by atoms with E-state index < -0.39 is 5.97 Å². The minimum absolute atomic E-state index is 0.0763. The van der Waals surface area contributed by atoms with Crippen LogP contribution in [0.4, 0.5) is 5.69 Å². The van der Waals surface area contributed by atoms with E-state index in [1.807, 2.05) is 0 Å². The minimum Gasteiger partial charge on any atom is -0.481 e. The van der Waals surface area contributed by atoms with Crippen LogP contribution in [0.5, 0.6) is 0 Å². The number of furan rings is 1. The number of nitrogens with two attached hydrogens (primary N) is 1. The van der Waals surface area contributed by atoms with Crippen LogP contribution in [-0.4, -0.2) is 11.1 Å². The van der Waals surface area contributed by atoms with E-state index >= 15 is 0 Å². The second-order valence-electron chi connectivity index (χ2n) is 2.24. The zero-order chi connectivity index (χ0) is 8.27. The van der Waals surface area contributed by atoms with Crippen LogP contribution < -0.4 is 5.73 Å². The summed E-state index contributed by atoms with van der Waals surface area (Å²) in [7, 11) is 0. The third-order valence-electron chi connectivity index (χ3n) is 1.26. The lowest BCUT2D eigenvalue weighted by atomic mass is 10.2. The van der Waals surface area contributed by atoms with Gasteiger partial charge in [-0.05, 0) is 0 Å². The van der Waals surface area contributed by atoms with E-state index in [9.17, 15) is 4.79 Å². The van der Waals surface area contributed by atoms with Crippen molar-refractivity contribution in [2.24, 2.45) is 0 Å². The zero-order valence-corrected chi connectivity index (χ0v) is 5.91. The molecule has 0 aliphatic heterocycles. The maximum Gasteiger partial charge on any atom is 0.303 e. The van der Waals surface area contributed by atoms with Crippen LogP contribution in [0, 0.1) is 0 Å². The third kappa shape index (κ3) is 2.33. The molecule has 4 heteroatoms. The Balaban J connectivity index is 2.45. The Bertz CT molecular complexity index is 254. The number of aliphatic carboxylic acids is 1. The second-order valence-corrected chi connectivity index (χ2v) is 2.24. The van der Waals surface area contributed by atoms with Gasteiger partial charge in [-0.25, -0.2) is 0 Å². The monoisotopic (exact) mass is 155 g/mol. The number of rotatable bonds is 3. The average molecular weight is 155 g/mol. The van der Waals surface area contributed by atoms with Crippen LogP contribution in [0.1, 0.15) is 12.2 Å². The smallest absolute Gasteiger partial charge is 0.303 e. The minimum atomic E-state index is -0.833. The molecule has 60 valence electrons. The number of hydrogen-bond acceptors (Lipinski definition) is 3. The van der Waals surface area contributed by atoms with Crippen molar-refractivity contribution in [3.05, 3.63) is 18.1 Å². The fraction of sp³-hybridized carbons (Fsp3) is 0.286. The van der Waals surface area contributed by atoms with Gasteiger partial charge in [-0.3, -0.25) is 4.79 Å². The molecule has 0 spiro atoms. The largest absolute Gasteiger partial charge is 0.481 e. The Labute approximate surface area is 63.6 Å². The lowest BCUT2D eigenvalue weighted by molar-refractivity contribution is -0.137. The summed E-state index contributed by atoms with van der Waals surface area (Å²) in [5, 5.41) is 8.31. The molecule has 0 amide bonds. The first-order valence-corrected chi connectivity index (χ1v) is 3.23.